The fraction of sp³-hybridized carbons (Fsp3) is 0.667. The van der Waals surface area contributed by atoms with Crippen molar-refractivity contribution in [2.75, 3.05) is 40.0 Å². The van der Waals surface area contributed by atoms with Crippen LogP contribution in [0, 0.1) is 5.92 Å². The van der Waals surface area contributed by atoms with Crippen LogP contribution in [0.5, 0.6) is 11.5 Å². The van der Waals surface area contributed by atoms with Crippen LogP contribution in [-0.2, 0) is 4.74 Å². The second-order valence-electron chi connectivity index (χ2n) is 6.29. The van der Waals surface area contributed by atoms with Crippen molar-refractivity contribution in [2.45, 2.75) is 32.8 Å². The molecule has 1 aromatic rings. The Morgan fingerprint density at radius 2 is 1.73 bits per heavy atom. The van der Waals surface area contributed by atoms with Crippen LogP contribution in [0.3, 0.4) is 0 Å². The molecule has 0 unspecified atom stereocenters. The van der Waals surface area contributed by atoms with E-state index in [0.717, 1.165) is 57.2 Å². The fourth-order valence-electron chi connectivity index (χ4n) is 2.59. The lowest BCUT2D eigenvalue weighted by molar-refractivity contribution is -0.00612. The molecule has 1 aliphatic heterocycles. The van der Waals surface area contributed by atoms with Crippen LogP contribution in [0.2, 0.25) is 0 Å². The third-order valence-corrected chi connectivity index (χ3v) is 3.94. The maximum Gasteiger partial charge on any atom is 0.119 e. The number of benzene rings is 1. The first-order valence-corrected chi connectivity index (χ1v) is 8.28. The highest BCUT2D eigenvalue weighted by Crippen LogP contribution is 2.18. The molecule has 1 fully saturated rings. The predicted molar refractivity (Wildman–Crippen MR) is 88.7 cm³/mol. The highest BCUT2D eigenvalue weighted by molar-refractivity contribution is 5.31. The lowest BCUT2D eigenvalue weighted by Crippen LogP contribution is -2.39. The van der Waals surface area contributed by atoms with Crippen molar-refractivity contribution in [1.82, 2.24) is 4.90 Å². The molecule has 22 heavy (non-hydrogen) atoms. The standard InChI is InChI=1S/C18H29NO3/c1-15(2)14-22-18-8-10-19(11-9-18)12-13-21-17-6-4-16(20-3)5-7-17/h4-7,15,18H,8-14H2,1-3H3. The van der Waals surface area contributed by atoms with Crippen molar-refractivity contribution >= 4 is 0 Å². The molecule has 1 heterocycles. The Balaban J connectivity index is 1.60. The summed E-state index contributed by atoms with van der Waals surface area (Å²) in [4.78, 5) is 2.46. The minimum Gasteiger partial charge on any atom is -0.497 e. The topological polar surface area (TPSA) is 30.9 Å². The van der Waals surface area contributed by atoms with Crippen LogP contribution >= 0.6 is 0 Å². The fourth-order valence-corrected chi connectivity index (χ4v) is 2.59. The summed E-state index contributed by atoms with van der Waals surface area (Å²) in [7, 11) is 1.67. The Kier molecular flexibility index (Phi) is 7.00. The molecule has 124 valence electrons. The molecule has 0 radical (unpaired) electrons. The molecule has 0 bridgehead atoms. The monoisotopic (exact) mass is 307 g/mol. The van der Waals surface area contributed by atoms with Crippen molar-refractivity contribution in [2.24, 2.45) is 5.92 Å². The van der Waals surface area contributed by atoms with Crippen molar-refractivity contribution < 1.29 is 14.2 Å². The Hall–Kier alpha value is -1.26. The van der Waals surface area contributed by atoms with Gasteiger partial charge < -0.3 is 14.2 Å². The molecule has 0 aromatic heterocycles. The number of piperidine rings is 1. The molecule has 0 spiro atoms. The molecule has 2 rings (SSSR count). The summed E-state index contributed by atoms with van der Waals surface area (Å²) in [5.41, 5.74) is 0. The largest absolute Gasteiger partial charge is 0.497 e. The van der Waals surface area contributed by atoms with Gasteiger partial charge in [0.1, 0.15) is 18.1 Å². The summed E-state index contributed by atoms with van der Waals surface area (Å²) in [5.74, 6) is 2.38. The van der Waals surface area contributed by atoms with E-state index in [9.17, 15) is 0 Å². The lowest BCUT2D eigenvalue weighted by atomic mass is 10.1. The van der Waals surface area contributed by atoms with Crippen molar-refractivity contribution in [1.29, 1.82) is 0 Å². The van der Waals surface area contributed by atoms with E-state index in [-0.39, 0.29) is 0 Å². The smallest absolute Gasteiger partial charge is 0.119 e. The molecular weight excluding hydrogens is 278 g/mol. The highest BCUT2D eigenvalue weighted by atomic mass is 16.5. The molecule has 4 nitrogen and oxygen atoms in total. The molecule has 0 saturated carbocycles. The van der Waals surface area contributed by atoms with Crippen LogP contribution in [0.1, 0.15) is 26.7 Å². The van der Waals surface area contributed by atoms with Gasteiger partial charge in [0.25, 0.3) is 0 Å². The van der Waals surface area contributed by atoms with E-state index in [4.69, 9.17) is 14.2 Å². The van der Waals surface area contributed by atoms with Crippen molar-refractivity contribution in [3.8, 4) is 11.5 Å². The second kappa shape index (κ2) is 9.01. The molecule has 0 aliphatic carbocycles. The van der Waals surface area contributed by atoms with Crippen LogP contribution in [0.25, 0.3) is 0 Å². The Morgan fingerprint density at radius 1 is 1.09 bits per heavy atom. The van der Waals surface area contributed by atoms with E-state index in [0.29, 0.717) is 12.0 Å². The van der Waals surface area contributed by atoms with Crippen molar-refractivity contribution in [3.05, 3.63) is 24.3 Å². The first-order chi connectivity index (χ1) is 10.7. The minimum absolute atomic E-state index is 0.446. The van der Waals surface area contributed by atoms with Crippen LogP contribution in [-0.4, -0.2) is 51.0 Å². The van der Waals surface area contributed by atoms with Gasteiger partial charge in [0, 0.05) is 26.2 Å². The van der Waals surface area contributed by atoms with E-state index in [1.807, 2.05) is 24.3 Å². The van der Waals surface area contributed by atoms with Gasteiger partial charge in [-0.05, 0) is 43.0 Å². The Labute approximate surface area is 134 Å². The molecule has 1 aliphatic rings. The zero-order valence-electron chi connectivity index (χ0n) is 14.1. The van der Waals surface area contributed by atoms with Crippen LogP contribution < -0.4 is 9.47 Å². The highest BCUT2D eigenvalue weighted by Gasteiger charge is 2.19. The molecular formula is C18H29NO3. The summed E-state index contributed by atoms with van der Waals surface area (Å²) >= 11 is 0. The zero-order chi connectivity index (χ0) is 15.8. The number of ether oxygens (including phenoxy) is 3. The Morgan fingerprint density at radius 3 is 2.32 bits per heavy atom. The van der Waals surface area contributed by atoms with Gasteiger partial charge in [-0.2, -0.15) is 0 Å². The molecule has 0 atom stereocenters. The van der Waals surface area contributed by atoms with Crippen molar-refractivity contribution in [3.63, 3.8) is 0 Å². The third kappa shape index (κ3) is 5.85. The average Bonchev–Trinajstić information content (AvgIpc) is 2.55. The van der Waals surface area contributed by atoms with Gasteiger partial charge in [0.15, 0.2) is 0 Å². The average molecular weight is 307 g/mol. The first-order valence-electron chi connectivity index (χ1n) is 8.28. The summed E-state index contributed by atoms with van der Waals surface area (Å²) in [6.07, 6.45) is 2.71. The number of methoxy groups -OCH3 is 1. The van der Waals surface area contributed by atoms with E-state index in [1.165, 1.54) is 0 Å². The van der Waals surface area contributed by atoms with Gasteiger partial charge >= 0.3 is 0 Å². The molecule has 1 aromatic carbocycles. The third-order valence-electron chi connectivity index (χ3n) is 3.94. The van der Waals surface area contributed by atoms with Crippen LogP contribution in [0.15, 0.2) is 24.3 Å². The second-order valence-corrected chi connectivity index (χ2v) is 6.29. The quantitative estimate of drug-likeness (QED) is 0.738. The van der Waals surface area contributed by atoms with E-state index >= 15 is 0 Å². The number of hydrogen-bond acceptors (Lipinski definition) is 4. The van der Waals surface area contributed by atoms with E-state index in [1.54, 1.807) is 7.11 Å². The number of rotatable bonds is 8. The molecule has 4 heteroatoms. The van der Waals surface area contributed by atoms with Gasteiger partial charge in [-0.15, -0.1) is 0 Å². The number of likely N-dealkylation sites (tertiary alicyclic amines) is 1. The maximum absolute atomic E-state index is 5.92. The lowest BCUT2D eigenvalue weighted by Gasteiger charge is -2.32. The predicted octanol–water partition coefficient (Wildman–Crippen LogP) is 3.21. The van der Waals surface area contributed by atoms with Gasteiger partial charge in [-0.3, -0.25) is 4.90 Å². The maximum atomic E-state index is 5.92. The minimum atomic E-state index is 0.446. The van der Waals surface area contributed by atoms with Crippen LogP contribution in [0.4, 0.5) is 0 Å². The molecule has 1 saturated heterocycles. The number of nitrogens with zero attached hydrogens (tertiary/aromatic N) is 1. The number of hydrogen-bond donors (Lipinski definition) is 0. The van der Waals surface area contributed by atoms with E-state index in [2.05, 4.69) is 18.7 Å². The zero-order valence-corrected chi connectivity index (χ0v) is 14.1. The van der Waals surface area contributed by atoms with Gasteiger partial charge in [0.05, 0.1) is 13.2 Å². The summed E-state index contributed by atoms with van der Waals surface area (Å²) in [6.45, 7) is 9.19. The summed E-state index contributed by atoms with van der Waals surface area (Å²) < 4.78 is 16.8. The molecule has 0 amide bonds. The van der Waals surface area contributed by atoms with Gasteiger partial charge in [0.2, 0.25) is 0 Å². The normalized spacial score (nSPS) is 16.9. The van der Waals surface area contributed by atoms with Gasteiger partial charge in [-0.25, -0.2) is 0 Å². The van der Waals surface area contributed by atoms with Gasteiger partial charge in [-0.1, -0.05) is 13.8 Å². The molecule has 0 N–H and O–H groups in total. The SMILES string of the molecule is COc1ccc(OCCN2CCC(OCC(C)C)CC2)cc1. The first kappa shape index (κ1) is 17.1. The Bertz CT molecular complexity index is 411. The summed E-state index contributed by atoms with van der Waals surface area (Å²) in [6, 6.07) is 7.75. The van der Waals surface area contributed by atoms with E-state index < -0.39 is 0 Å². The summed E-state index contributed by atoms with van der Waals surface area (Å²) in [5, 5.41) is 0.